The number of pyridine rings is 1. The molecule has 16 heavy (non-hydrogen) atoms. The number of fused-ring (bicyclic) bond motifs is 2. The minimum Gasteiger partial charge on any atom is -0.294 e. The van der Waals surface area contributed by atoms with Gasteiger partial charge in [-0.2, -0.15) is 0 Å². The Morgan fingerprint density at radius 3 is 2.81 bits per heavy atom. The second-order valence-electron chi connectivity index (χ2n) is 5.04. The zero-order valence-electron chi connectivity index (χ0n) is 9.03. The maximum atomic E-state index is 13.0. The highest BCUT2D eigenvalue weighted by Crippen LogP contribution is 2.49. The van der Waals surface area contributed by atoms with Crippen LogP contribution in [0.5, 0.6) is 0 Å². The first-order valence-electron chi connectivity index (χ1n) is 5.89. The molecule has 2 aliphatic carbocycles. The predicted molar refractivity (Wildman–Crippen MR) is 57.5 cm³/mol. The summed E-state index contributed by atoms with van der Waals surface area (Å²) < 4.78 is 13.0. The van der Waals surface area contributed by atoms with Crippen LogP contribution in [-0.4, -0.2) is 10.8 Å². The van der Waals surface area contributed by atoms with Crippen LogP contribution in [0.2, 0.25) is 0 Å². The maximum absolute atomic E-state index is 13.0. The van der Waals surface area contributed by atoms with E-state index in [0.717, 1.165) is 18.5 Å². The normalized spacial score (nSPS) is 31.9. The molecule has 3 rings (SSSR count). The Bertz CT molecular complexity index is 432. The lowest BCUT2D eigenvalue weighted by Gasteiger charge is -2.19. The lowest BCUT2D eigenvalue weighted by molar-refractivity contribution is 0.0874. The lowest BCUT2D eigenvalue weighted by atomic mass is 9.83. The van der Waals surface area contributed by atoms with Gasteiger partial charge in [0.15, 0.2) is 5.78 Å². The van der Waals surface area contributed by atoms with Gasteiger partial charge in [0.1, 0.15) is 5.82 Å². The van der Waals surface area contributed by atoms with Gasteiger partial charge in [-0.3, -0.25) is 9.78 Å². The standard InChI is InChI=1S/C13H14FNO/c14-11-5-10(6-15-7-11)13(16)12-4-8-1-2-9(12)3-8/h5-9,12H,1-4H2. The van der Waals surface area contributed by atoms with Crippen LogP contribution in [-0.2, 0) is 0 Å². The van der Waals surface area contributed by atoms with E-state index in [9.17, 15) is 9.18 Å². The van der Waals surface area contributed by atoms with Crippen LogP contribution in [0.4, 0.5) is 4.39 Å². The zero-order chi connectivity index (χ0) is 11.1. The summed E-state index contributed by atoms with van der Waals surface area (Å²) in [6.07, 6.45) is 7.26. The van der Waals surface area contributed by atoms with Gasteiger partial charge in [-0.1, -0.05) is 6.42 Å². The summed E-state index contributed by atoms with van der Waals surface area (Å²) in [6, 6.07) is 1.31. The van der Waals surface area contributed by atoms with Gasteiger partial charge >= 0.3 is 0 Å². The minimum absolute atomic E-state index is 0.0965. The highest BCUT2D eigenvalue weighted by molar-refractivity contribution is 5.98. The number of halogens is 1. The molecule has 0 radical (unpaired) electrons. The van der Waals surface area contributed by atoms with E-state index in [1.165, 1.54) is 31.5 Å². The molecule has 3 heteroatoms. The van der Waals surface area contributed by atoms with Crippen LogP contribution in [0.3, 0.4) is 0 Å². The topological polar surface area (TPSA) is 30.0 Å². The summed E-state index contributed by atoms with van der Waals surface area (Å²) in [6.45, 7) is 0. The molecule has 2 saturated carbocycles. The van der Waals surface area contributed by atoms with Crippen molar-refractivity contribution >= 4 is 5.78 Å². The smallest absolute Gasteiger partial charge is 0.167 e. The summed E-state index contributed by atoms with van der Waals surface area (Å²) in [5.41, 5.74) is 0.442. The van der Waals surface area contributed by atoms with Gasteiger partial charge in [0.2, 0.25) is 0 Å². The summed E-state index contributed by atoms with van der Waals surface area (Å²) >= 11 is 0. The fourth-order valence-corrected chi connectivity index (χ4v) is 3.33. The molecule has 3 atom stereocenters. The molecule has 1 aromatic heterocycles. The first kappa shape index (κ1) is 9.94. The number of aromatic nitrogens is 1. The Morgan fingerprint density at radius 1 is 1.31 bits per heavy atom. The third-order valence-electron chi connectivity index (χ3n) is 4.06. The van der Waals surface area contributed by atoms with E-state index in [1.807, 2.05) is 0 Å². The second-order valence-corrected chi connectivity index (χ2v) is 5.04. The molecule has 0 aromatic carbocycles. The van der Waals surface area contributed by atoms with Crippen LogP contribution in [0.25, 0.3) is 0 Å². The van der Waals surface area contributed by atoms with Crippen LogP contribution in [0.1, 0.15) is 36.0 Å². The van der Waals surface area contributed by atoms with E-state index >= 15 is 0 Å². The van der Waals surface area contributed by atoms with Gasteiger partial charge in [-0.05, 0) is 37.2 Å². The van der Waals surface area contributed by atoms with Gasteiger partial charge < -0.3 is 0 Å². The van der Waals surface area contributed by atoms with E-state index in [0.29, 0.717) is 11.5 Å². The Labute approximate surface area is 93.9 Å². The second kappa shape index (κ2) is 3.65. The molecule has 2 aliphatic rings. The van der Waals surface area contributed by atoms with Crippen LogP contribution in [0.15, 0.2) is 18.5 Å². The molecule has 0 N–H and O–H groups in total. The zero-order valence-corrected chi connectivity index (χ0v) is 9.03. The first-order valence-corrected chi connectivity index (χ1v) is 5.89. The molecule has 0 amide bonds. The van der Waals surface area contributed by atoms with E-state index < -0.39 is 5.82 Å². The molecule has 0 saturated heterocycles. The molecule has 84 valence electrons. The first-order chi connectivity index (χ1) is 7.74. The van der Waals surface area contributed by atoms with Crippen molar-refractivity contribution in [3.05, 3.63) is 29.8 Å². The van der Waals surface area contributed by atoms with Crippen molar-refractivity contribution in [2.75, 3.05) is 0 Å². The van der Waals surface area contributed by atoms with E-state index in [4.69, 9.17) is 0 Å². The van der Waals surface area contributed by atoms with Crippen LogP contribution < -0.4 is 0 Å². The number of carbonyl (C=O) groups excluding carboxylic acids is 1. The summed E-state index contributed by atoms with van der Waals surface area (Å²) in [5.74, 6) is 1.08. The van der Waals surface area contributed by atoms with Crippen molar-refractivity contribution in [3.63, 3.8) is 0 Å². The Hall–Kier alpha value is -1.25. The molecular formula is C13H14FNO. The van der Waals surface area contributed by atoms with Crippen molar-refractivity contribution < 1.29 is 9.18 Å². The van der Waals surface area contributed by atoms with E-state index in [2.05, 4.69) is 4.98 Å². The number of hydrogen-bond donors (Lipinski definition) is 0. The number of Topliss-reactive ketones (excluding diaryl/α,β-unsaturated/α-hetero) is 1. The van der Waals surface area contributed by atoms with Crippen molar-refractivity contribution in [1.29, 1.82) is 0 Å². The maximum Gasteiger partial charge on any atom is 0.167 e. The summed E-state index contributed by atoms with van der Waals surface area (Å²) in [5, 5.41) is 0. The number of rotatable bonds is 2. The number of ketones is 1. The number of hydrogen-bond acceptors (Lipinski definition) is 2. The lowest BCUT2D eigenvalue weighted by Crippen LogP contribution is -2.21. The molecule has 2 bridgehead atoms. The molecule has 1 aromatic rings. The Morgan fingerprint density at radius 2 is 2.19 bits per heavy atom. The number of carbonyl (C=O) groups is 1. The van der Waals surface area contributed by atoms with Gasteiger partial charge in [0, 0.05) is 17.7 Å². The van der Waals surface area contributed by atoms with Crippen molar-refractivity contribution in [1.82, 2.24) is 4.98 Å². The largest absolute Gasteiger partial charge is 0.294 e. The third-order valence-corrected chi connectivity index (χ3v) is 4.06. The Kier molecular flexibility index (Phi) is 2.27. The van der Waals surface area contributed by atoms with Gasteiger partial charge in [0.25, 0.3) is 0 Å². The van der Waals surface area contributed by atoms with Crippen LogP contribution >= 0.6 is 0 Å². The molecule has 0 spiro atoms. The molecule has 2 fully saturated rings. The van der Waals surface area contributed by atoms with Gasteiger partial charge in [-0.25, -0.2) is 4.39 Å². The quantitative estimate of drug-likeness (QED) is 0.716. The molecule has 1 heterocycles. The predicted octanol–water partition coefficient (Wildman–Crippen LogP) is 2.84. The highest BCUT2D eigenvalue weighted by Gasteiger charge is 2.43. The summed E-state index contributed by atoms with van der Waals surface area (Å²) in [4.78, 5) is 15.9. The number of nitrogens with zero attached hydrogens (tertiary/aromatic N) is 1. The Balaban J connectivity index is 1.83. The van der Waals surface area contributed by atoms with E-state index in [1.54, 1.807) is 0 Å². The van der Waals surface area contributed by atoms with Crippen molar-refractivity contribution in [2.24, 2.45) is 17.8 Å². The monoisotopic (exact) mass is 219 g/mol. The van der Waals surface area contributed by atoms with Gasteiger partial charge in [0.05, 0.1) is 6.20 Å². The van der Waals surface area contributed by atoms with Gasteiger partial charge in [-0.15, -0.1) is 0 Å². The SMILES string of the molecule is O=C(c1cncc(F)c1)C1CC2CCC1C2. The average molecular weight is 219 g/mol. The molecule has 0 aliphatic heterocycles. The highest BCUT2D eigenvalue weighted by atomic mass is 19.1. The van der Waals surface area contributed by atoms with Crippen molar-refractivity contribution in [2.45, 2.75) is 25.7 Å². The fourth-order valence-electron chi connectivity index (χ4n) is 3.33. The average Bonchev–Trinajstić information content (AvgIpc) is 2.89. The third kappa shape index (κ3) is 1.55. The minimum atomic E-state index is -0.422. The summed E-state index contributed by atoms with van der Waals surface area (Å²) in [7, 11) is 0. The molecule has 3 unspecified atom stereocenters. The van der Waals surface area contributed by atoms with Crippen molar-refractivity contribution in [3.8, 4) is 0 Å². The van der Waals surface area contributed by atoms with Crippen LogP contribution in [0, 0.1) is 23.6 Å². The molecular weight excluding hydrogens is 205 g/mol. The fraction of sp³-hybridized carbons (Fsp3) is 0.538. The molecule has 2 nitrogen and oxygen atoms in total. The van der Waals surface area contributed by atoms with E-state index in [-0.39, 0.29) is 11.7 Å².